The van der Waals surface area contributed by atoms with Crippen LogP contribution in [-0.2, 0) is 0 Å². The van der Waals surface area contributed by atoms with Gasteiger partial charge in [-0.1, -0.05) is 18.2 Å². The molecule has 3 aromatic rings. The van der Waals surface area contributed by atoms with Crippen LogP contribution in [0.4, 0.5) is 5.69 Å². The zero-order valence-corrected chi connectivity index (χ0v) is 12.9. The fourth-order valence-electron chi connectivity index (χ4n) is 2.14. The van der Waals surface area contributed by atoms with Crippen molar-refractivity contribution >= 4 is 11.6 Å². The van der Waals surface area contributed by atoms with Crippen molar-refractivity contribution in [2.45, 2.75) is 0 Å². The van der Waals surface area contributed by atoms with Crippen molar-refractivity contribution in [1.82, 2.24) is 14.8 Å². The summed E-state index contributed by atoms with van der Waals surface area (Å²) in [7, 11) is 3.24. The lowest BCUT2D eigenvalue weighted by molar-refractivity contribution is 0.0987. The molecule has 0 bridgehead atoms. The van der Waals surface area contributed by atoms with E-state index in [9.17, 15) is 4.79 Å². The quantitative estimate of drug-likeness (QED) is 0.743. The van der Waals surface area contributed by atoms with Gasteiger partial charge in [0.05, 0.1) is 24.7 Å². The molecule has 0 saturated heterocycles. The van der Waals surface area contributed by atoms with E-state index in [0.29, 0.717) is 17.3 Å². The fraction of sp³-hybridized carbons (Fsp3) is 0.118. The zero-order chi connectivity index (χ0) is 16.2. The minimum atomic E-state index is -0.202. The highest BCUT2D eigenvalue weighted by Gasteiger charge is 2.17. The summed E-state index contributed by atoms with van der Waals surface area (Å²) < 4.78 is 6.69. The van der Waals surface area contributed by atoms with E-state index in [1.54, 1.807) is 49.4 Å². The molecule has 6 heteroatoms. The predicted molar refractivity (Wildman–Crippen MR) is 87.1 cm³/mol. The van der Waals surface area contributed by atoms with E-state index in [2.05, 4.69) is 10.1 Å². The Hall–Kier alpha value is -3.15. The van der Waals surface area contributed by atoms with E-state index in [4.69, 9.17) is 4.74 Å². The van der Waals surface area contributed by atoms with Gasteiger partial charge in [0.2, 0.25) is 5.88 Å². The molecule has 116 valence electrons. The first-order valence-electron chi connectivity index (χ1n) is 7.08. The van der Waals surface area contributed by atoms with E-state index in [-0.39, 0.29) is 5.91 Å². The largest absolute Gasteiger partial charge is 0.481 e. The van der Waals surface area contributed by atoms with Crippen LogP contribution in [0.3, 0.4) is 0 Å². The van der Waals surface area contributed by atoms with Crippen LogP contribution in [0.25, 0.3) is 5.69 Å². The molecule has 1 amide bonds. The van der Waals surface area contributed by atoms with Gasteiger partial charge in [-0.25, -0.2) is 9.67 Å². The van der Waals surface area contributed by atoms with Crippen LogP contribution in [0, 0.1) is 0 Å². The monoisotopic (exact) mass is 308 g/mol. The summed E-state index contributed by atoms with van der Waals surface area (Å²) in [6.07, 6.45) is 3.35. The summed E-state index contributed by atoms with van der Waals surface area (Å²) >= 11 is 0. The molecule has 0 spiro atoms. The van der Waals surface area contributed by atoms with Gasteiger partial charge in [-0.15, -0.1) is 0 Å². The van der Waals surface area contributed by atoms with Crippen LogP contribution in [0.2, 0.25) is 0 Å². The Kier molecular flexibility index (Phi) is 4.05. The number of rotatable bonds is 4. The third-order valence-electron chi connectivity index (χ3n) is 3.45. The first-order valence-corrected chi connectivity index (χ1v) is 7.08. The van der Waals surface area contributed by atoms with Crippen LogP contribution in [0.1, 0.15) is 10.5 Å². The summed E-state index contributed by atoms with van der Waals surface area (Å²) in [6.45, 7) is 0. The third kappa shape index (κ3) is 3.06. The van der Waals surface area contributed by atoms with Crippen LogP contribution in [-0.4, -0.2) is 34.8 Å². The molecular weight excluding hydrogens is 292 g/mol. The van der Waals surface area contributed by atoms with Crippen LogP contribution in [0.5, 0.6) is 5.88 Å². The van der Waals surface area contributed by atoms with Gasteiger partial charge in [0, 0.05) is 19.3 Å². The van der Waals surface area contributed by atoms with Gasteiger partial charge in [-0.05, 0) is 24.3 Å². The highest BCUT2D eigenvalue weighted by atomic mass is 16.5. The van der Waals surface area contributed by atoms with Crippen LogP contribution >= 0.6 is 0 Å². The molecule has 2 aromatic heterocycles. The maximum Gasteiger partial charge on any atom is 0.278 e. The predicted octanol–water partition coefficient (Wildman–Crippen LogP) is 2.55. The van der Waals surface area contributed by atoms with Gasteiger partial charge in [0.25, 0.3) is 5.91 Å². The molecule has 0 N–H and O–H groups in total. The Bertz CT molecular complexity index is 797. The SMILES string of the molecule is COc1ccc(N(C)C(=O)c2ccn(-c3ccccc3)n2)cn1. The van der Waals surface area contributed by atoms with Crippen molar-refractivity contribution in [2.24, 2.45) is 0 Å². The van der Waals surface area contributed by atoms with E-state index >= 15 is 0 Å². The highest BCUT2D eigenvalue weighted by molar-refractivity contribution is 6.04. The molecule has 0 fully saturated rings. The number of carbonyl (C=O) groups is 1. The molecule has 0 saturated carbocycles. The van der Waals surface area contributed by atoms with Gasteiger partial charge in [-0.3, -0.25) is 4.79 Å². The maximum atomic E-state index is 12.5. The second-order valence-electron chi connectivity index (χ2n) is 4.90. The van der Waals surface area contributed by atoms with Crippen LogP contribution in [0.15, 0.2) is 60.9 Å². The standard InChI is InChI=1S/C17H16N4O2/c1-20(14-8-9-16(23-2)18-12-14)17(22)15-10-11-21(19-15)13-6-4-3-5-7-13/h3-12H,1-2H3. The number of anilines is 1. The zero-order valence-electron chi connectivity index (χ0n) is 12.9. The summed E-state index contributed by atoms with van der Waals surface area (Å²) in [6, 6.07) is 14.8. The molecule has 3 rings (SSSR count). The van der Waals surface area contributed by atoms with Crippen molar-refractivity contribution in [3.8, 4) is 11.6 Å². The summed E-state index contributed by atoms with van der Waals surface area (Å²) in [5.41, 5.74) is 1.94. The van der Waals surface area contributed by atoms with E-state index in [1.165, 1.54) is 4.90 Å². The number of hydrogen-bond donors (Lipinski definition) is 0. The number of amides is 1. The summed E-state index contributed by atoms with van der Waals surface area (Å²) in [4.78, 5) is 18.1. The number of nitrogens with zero attached hydrogens (tertiary/aromatic N) is 4. The van der Waals surface area contributed by atoms with Crippen molar-refractivity contribution < 1.29 is 9.53 Å². The van der Waals surface area contributed by atoms with E-state index < -0.39 is 0 Å². The first kappa shape index (κ1) is 14.8. The lowest BCUT2D eigenvalue weighted by Gasteiger charge is -2.15. The third-order valence-corrected chi connectivity index (χ3v) is 3.45. The normalized spacial score (nSPS) is 10.3. The number of para-hydroxylation sites is 1. The lowest BCUT2D eigenvalue weighted by Crippen LogP contribution is -2.26. The number of ether oxygens (including phenoxy) is 1. The molecular formula is C17H16N4O2. The van der Waals surface area contributed by atoms with Crippen molar-refractivity contribution in [3.05, 3.63) is 66.6 Å². The number of benzene rings is 1. The molecule has 0 aliphatic carbocycles. The minimum absolute atomic E-state index is 0.202. The van der Waals surface area contributed by atoms with Gasteiger partial charge >= 0.3 is 0 Å². The molecule has 23 heavy (non-hydrogen) atoms. The number of carbonyl (C=O) groups excluding carboxylic acids is 1. The van der Waals surface area contributed by atoms with Crippen molar-refractivity contribution in [2.75, 3.05) is 19.1 Å². The molecule has 0 unspecified atom stereocenters. The van der Waals surface area contributed by atoms with Crippen molar-refractivity contribution in [1.29, 1.82) is 0 Å². The second kappa shape index (κ2) is 6.31. The van der Waals surface area contributed by atoms with Gasteiger partial charge < -0.3 is 9.64 Å². The Morgan fingerprint density at radius 2 is 1.91 bits per heavy atom. The average Bonchev–Trinajstić information content (AvgIpc) is 3.11. The number of hydrogen-bond acceptors (Lipinski definition) is 4. The lowest BCUT2D eigenvalue weighted by atomic mass is 10.3. The topological polar surface area (TPSA) is 60.2 Å². The number of methoxy groups -OCH3 is 1. The molecule has 0 atom stereocenters. The Labute approximate surface area is 134 Å². The maximum absolute atomic E-state index is 12.5. The molecule has 2 heterocycles. The molecule has 6 nitrogen and oxygen atoms in total. The molecule has 0 aliphatic heterocycles. The number of aromatic nitrogens is 3. The molecule has 0 radical (unpaired) electrons. The second-order valence-corrected chi connectivity index (χ2v) is 4.90. The van der Waals surface area contributed by atoms with E-state index in [0.717, 1.165) is 5.69 Å². The van der Waals surface area contributed by atoms with Crippen molar-refractivity contribution in [3.63, 3.8) is 0 Å². The van der Waals surface area contributed by atoms with Gasteiger partial charge in [0.15, 0.2) is 5.69 Å². The average molecular weight is 308 g/mol. The van der Waals surface area contributed by atoms with Gasteiger partial charge in [-0.2, -0.15) is 5.10 Å². The molecule has 0 aliphatic rings. The van der Waals surface area contributed by atoms with E-state index in [1.807, 2.05) is 30.3 Å². The minimum Gasteiger partial charge on any atom is -0.481 e. The van der Waals surface area contributed by atoms with Gasteiger partial charge in [0.1, 0.15) is 0 Å². The fourth-order valence-corrected chi connectivity index (χ4v) is 2.14. The first-order chi connectivity index (χ1) is 11.2. The Morgan fingerprint density at radius 1 is 1.13 bits per heavy atom. The Morgan fingerprint density at radius 3 is 2.57 bits per heavy atom. The summed E-state index contributed by atoms with van der Waals surface area (Å²) in [5.74, 6) is 0.301. The van der Waals surface area contributed by atoms with Crippen LogP contribution < -0.4 is 9.64 Å². The summed E-state index contributed by atoms with van der Waals surface area (Å²) in [5, 5.41) is 4.34. The molecule has 1 aromatic carbocycles. The Balaban J connectivity index is 1.81. The number of pyridine rings is 1. The smallest absolute Gasteiger partial charge is 0.278 e. The highest BCUT2D eigenvalue weighted by Crippen LogP contribution is 2.17.